The van der Waals surface area contributed by atoms with Crippen LogP contribution in [0.25, 0.3) is 0 Å². The van der Waals surface area contributed by atoms with Gasteiger partial charge >= 0.3 is 0 Å². The average Bonchev–Trinajstić information content (AvgIpc) is 2.64. The van der Waals surface area contributed by atoms with Crippen LogP contribution in [0, 0.1) is 10.1 Å². The quantitative estimate of drug-likeness (QED) is 0.444. The van der Waals surface area contributed by atoms with Crippen molar-refractivity contribution in [3.8, 4) is 11.5 Å². The van der Waals surface area contributed by atoms with Crippen LogP contribution in [-0.2, 0) is 0 Å². The molecular weight excluding hydrogens is 338 g/mol. The molecule has 136 valence electrons. The van der Waals surface area contributed by atoms with E-state index < -0.39 is 10.8 Å². The van der Waals surface area contributed by atoms with Crippen LogP contribution in [0.5, 0.6) is 11.5 Å². The Bertz CT molecular complexity index is 820. The van der Waals surface area contributed by atoms with Crippen molar-refractivity contribution in [1.82, 2.24) is 5.43 Å². The van der Waals surface area contributed by atoms with Crippen LogP contribution in [0.4, 0.5) is 5.69 Å². The molecule has 26 heavy (non-hydrogen) atoms. The maximum Gasteiger partial charge on any atom is 0.271 e. The number of non-ortho nitro benzene ring substituents is 1. The second kappa shape index (κ2) is 9.16. The fraction of sp³-hybridized carbons (Fsp3) is 0.222. The normalized spacial score (nSPS) is 10.5. The molecule has 2 aromatic rings. The molecule has 0 saturated carbocycles. The van der Waals surface area contributed by atoms with Gasteiger partial charge in [0, 0.05) is 17.7 Å². The minimum Gasteiger partial charge on any atom is -0.490 e. The molecule has 2 rings (SSSR count). The van der Waals surface area contributed by atoms with Gasteiger partial charge in [0.15, 0.2) is 11.5 Å². The number of ether oxygens (including phenoxy) is 2. The molecule has 0 bridgehead atoms. The second-order valence-electron chi connectivity index (χ2n) is 5.08. The van der Waals surface area contributed by atoms with E-state index in [0.29, 0.717) is 30.3 Å². The lowest BCUT2D eigenvalue weighted by molar-refractivity contribution is -0.384. The third-order valence-electron chi connectivity index (χ3n) is 3.27. The molecule has 8 heteroatoms. The molecule has 0 heterocycles. The molecule has 0 saturated heterocycles. The Kier molecular flexibility index (Phi) is 6.67. The van der Waals surface area contributed by atoms with Crippen LogP contribution < -0.4 is 14.9 Å². The zero-order chi connectivity index (χ0) is 18.9. The Balaban J connectivity index is 2.07. The Hall–Kier alpha value is -3.42. The Morgan fingerprint density at radius 2 is 1.88 bits per heavy atom. The summed E-state index contributed by atoms with van der Waals surface area (Å²) < 4.78 is 11.0. The number of hydrogen-bond acceptors (Lipinski definition) is 6. The highest BCUT2D eigenvalue weighted by molar-refractivity contribution is 5.95. The molecule has 0 atom stereocenters. The van der Waals surface area contributed by atoms with E-state index in [-0.39, 0.29) is 11.3 Å². The first-order valence-corrected chi connectivity index (χ1v) is 8.02. The van der Waals surface area contributed by atoms with Crippen LogP contribution in [0.2, 0.25) is 0 Å². The number of nitrogens with one attached hydrogen (secondary N) is 1. The predicted molar refractivity (Wildman–Crippen MR) is 96.9 cm³/mol. The summed E-state index contributed by atoms with van der Waals surface area (Å²) in [4.78, 5) is 22.2. The molecule has 0 aliphatic carbocycles. The SMILES string of the molecule is CCOc1ccc(/C=N/NC(=O)c2cccc([N+](=O)[O-])c2)cc1OCC. The molecule has 0 aromatic heterocycles. The molecular formula is C18H19N3O5. The number of amides is 1. The fourth-order valence-corrected chi connectivity index (χ4v) is 2.14. The molecule has 0 spiro atoms. The molecule has 0 fully saturated rings. The van der Waals surface area contributed by atoms with Crippen LogP contribution in [0.3, 0.4) is 0 Å². The molecule has 0 unspecified atom stereocenters. The zero-order valence-corrected chi connectivity index (χ0v) is 14.5. The van der Waals surface area contributed by atoms with Gasteiger partial charge in [-0.15, -0.1) is 0 Å². The number of carbonyl (C=O) groups excluding carboxylic acids is 1. The maximum absolute atomic E-state index is 12.0. The van der Waals surface area contributed by atoms with Gasteiger partial charge in [-0.05, 0) is 43.7 Å². The molecule has 1 N–H and O–H groups in total. The summed E-state index contributed by atoms with van der Waals surface area (Å²) in [5.41, 5.74) is 3.04. The number of rotatable bonds is 8. The first-order valence-electron chi connectivity index (χ1n) is 8.02. The summed E-state index contributed by atoms with van der Waals surface area (Å²) in [6.07, 6.45) is 1.45. The number of nitrogens with zero attached hydrogens (tertiary/aromatic N) is 2. The largest absolute Gasteiger partial charge is 0.490 e. The summed E-state index contributed by atoms with van der Waals surface area (Å²) in [7, 11) is 0. The maximum atomic E-state index is 12.0. The predicted octanol–water partition coefficient (Wildman–Crippen LogP) is 3.16. The van der Waals surface area contributed by atoms with Crippen molar-refractivity contribution in [3.63, 3.8) is 0 Å². The molecule has 2 aromatic carbocycles. The number of carbonyl (C=O) groups is 1. The number of hydrogen-bond donors (Lipinski definition) is 1. The van der Waals surface area contributed by atoms with Crippen molar-refractivity contribution >= 4 is 17.8 Å². The summed E-state index contributed by atoms with van der Waals surface area (Å²) in [6, 6.07) is 10.7. The van der Waals surface area contributed by atoms with E-state index >= 15 is 0 Å². The number of nitro groups is 1. The summed E-state index contributed by atoms with van der Waals surface area (Å²) in [6.45, 7) is 4.77. The van der Waals surface area contributed by atoms with Crippen molar-refractivity contribution in [3.05, 3.63) is 63.7 Å². The zero-order valence-electron chi connectivity index (χ0n) is 14.5. The lowest BCUT2D eigenvalue weighted by Gasteiger charge is -2.11. The Labute approximate surface area is 150 Å². The van der Waals surface area contributed by atoms with Crippen LogP contribution in [-0.4, -0.2) is 30.3 Å². The first kappa shape index (κ1) is 18.9. The van der Waals surface area contributed by atoms with Gasteiger partial charge < -0.3 is 9.47 Å². The van der Waals surface area contributed by atoms with Crippen molar-refractivity contribution in [2.75, 3.05) is 13.2 Å². The molecule has 0 radical (unpaired) electrons. The van der Waals surface area contributed by atoms with E-state index in [1.165, 1.54) is 30.5 Å². The monoisotopic (exact) mass is 357 g/mol. The van der Waals surface area contributed by atoms with Crippen molar-refractivity contribution in [2.24, 2.45) is 5.10 Å². The highest BCUT2D eigenvalue weighted by atomic mass is 16.6. The van der Waals surface area contributed by atoms with Gasteiger partial charge in [-0.3, -0.25) is 14.9 Å². The second-order valence-corrected chi connectivity index (χ2v) is 5.08. The third-order valence-corrected chi connectivity index (χ3v) is 3.27. The Morgan fingerprint density at radius 3 is 2.58 bits per heavy atom. The minimum atomic E-state index is -0.560. The first-order chi connectivity index (χ1) is 12.5. The van der Waals surface area contributed by atoms with Gasteiger partial charge in [0.1, 0.15) is 0 Å². The van der Waals surface area contributed by atoms with Crippen LogP contribution in [0.1, 0.15) is 29.8 Å². The number of nitro benzene ring substituents is 1. The van der Waals surface area contributed by atoms with Gasteiger partial charge in [-0.1, -0.05) is 6.07 Å². The summed E-state index contributed by atoms with van der Waals surface area (Å²) in [5, 5.41) is 14.6. The van der Waals surface area contributed by atoms with Crippen LogP contribution >= 0.6 is 0 Å². The fourth-order valence-electron chi connectivity index (χ4n) is 2.14. The standard InChI is InChI=1S/C18H19N3O5/c1-3-25-16-9-8-13(10-17(16)26-4-2)12-19-20-18(22)14-6-5-7-15(11-14)21(23)24/h5-12H,3-4H2,1-2H3,(H,20,22)/b19-12+. The van der Waals surface area contributed by atoms with E-state index in [1.807, 2.05) is 13.8 Å². The average molecular weight is 357 g/mol. The molecule has 0 aliphatic rings. The van der Waals surface area contributed by atoms with Gasteiger partial charge in [0.05, 0.1) is 24.4 Å². The smallest absolute Gasteiger partial charge is 0.271 e. The van der Waals surface area contributed by atoms with E-state index in [1.54, 1.807) is 18.2 Å². The van der Waals surface area contributed by atoms with Gasteiger partial charge in [0.2, 0.25) is 0 Å². The summed E-state index contributed by atoms with van der Waals surface area (Å²) in [5.74, 6) is 0.677. The third kappa shape index (κ3) is 5.04. The highest BCUT2D eigenvalue weighted by Gasteiger charge is 2.10. The molecule has 8 nitrogen and oxygen atoms in total. The summed E-state index contributed by atoms with van der Waals surface area (Å²) >= 11 is 0. The highest BCUT2D eigenvalue weighted by Crippen LogP contribution is 2.27. The van der Waals surface area contributed by atoms with E-state index in [4.69, 9.17) is 9.47 Å². The molecule has 0 aliphatic heterocycles. The topological polar surface area (TPSA) is 103 Å². The minimum absolute atomic E-state index is 0.151. The van der Waals surface area contributed by atoms with E-state index in [0.717, 1.165) is 0 Å². The number of benzene rings is 2. The van der Waals surface area contributed by atoms with Crippen molar-refractivity contribution in [2.45, 2.75) is 13.8 Å². The van der Waals surface area contributed by atoms with Crippen molar-refractivity contribution < 1.29 is 19.2 Å². The molecule has 1 amide bonds. The van der Waals surface area contributed by atoms with E-state index in [2.05, 4.69) is 10.5 Å². The van der Waals surface area contributed by atoms with Crippen molar-refractivity contribution in [1.29, 1.82) is 0 Å². The lowest BCUT2D eigenvalue weighted by atomic mass is 10.2. The van der Waals surface area contributed by atoms with Gasteiger partial charge in [0.25, 0.3) is 11.6 Å². The lowest BCUT2D eigenvalue weighted by Crippen LogP contribution is -2.17. The Morgan fingerprint density at radius 1 is 1.15 bits per heavy atom. The van der Waals surface area contributed by atoms with Crippen LogP contribution in [0.15, 0.2) is 47.6 Å². The van der Waals surface area contributed by atoms with Gasteiger partial charge in [-0.2, -0.15) is 5.10 Å². The van der Waals surface area contributed by atoms with E-state index in [9.17, 15) is 14.9 Å². The van der Waals surface area contributed by atoms with Gasteiger partial charge in [-0.25, -0.2) is 5.43 Å². The number of hydrazone groups is 1.